The zero-order valence-corrected chi connectivity index (χ0v) is 9.42. The van der Waals surface area contributed by atoms with Crippen LogP contribution in [0.25, 0.3) is 0 Å². The Hall–Kier alpha value is -1.10. The summed E-state index contributed by atoms with van der Waals surface area (Å²) >= 11 is 0. The van der Waals surface area contributed by atoms with Crippen LogP contribution in [0.5, 0.6) is 0 Å². The molecule has 2 fully saturated rings. The normalized spacial score (nSPS) is 29.9. The van der Waals surface area contributed by atoms with Crippen molar-refractivity contribution in [2.75, 3.05) is 26.2 Å². The van der Waals surface area contributed by atoms with Gasteiger partial charge in [-0.3, -0.25) is 9.59 Å². The second-order valence-electron chi connectivity index (χ2n) is 4.64. The number of piperidine rings is 1. The minimum atomic E-state index is -0.0351. The van der Waals surface area contributed by atoms with Gasteiger partial charge >= 0.3 is 0 Å². The highest BCUT2D eigenvalue weighted by Gasteiger charge is 2.25. The molecule has 2 rings (SSSR count). The lowest BCUT2D eigenvalue weighted by Gasteiger charge is -2.22. The number of hydrogen-bond acceptors (Lipinski definition) is 3. The van der Waals surface area contributed by atoms with Gasteiger partial charge in [0.1, 0.15) is 0 Å². The average molecular weight is 225 g/mol. The van der Waals surface area contributed by atoms with Crippen molar-refractivity contribution in [3.63, 3.8) is 0 Å². The Bertz CT molecular complexity index is 264. The molecular weight excluding hydrogens is 206 g/mol. The Kier molecular flexibility index (Phi) is 3.77. The first-order valence-corrected chi connectivity index (χ1v) is 6.01. The highest BCUT2D eigenvalue weighted by Crippen LogP contribution is 2.11. The first-order chi connectivity index (χ1) is 7.75. The van der Waals surface area contributed by atoms with Crippen molar-refractivity contribution in [2.24, 2.45) is 11.8 Å². The molecule has 5 heteroatoms. The number of carbonyl (C=O) groups is 2. The summed E-state index contributed by atoms with van der Waals surface area (Å²) in [6.07, 6.45) is 2.30. The number of amides is 2. The van der Waals surface area contributed by atoms with Crippen molar-refractivity contribution in [3.8, 4) is 0 Å². The Morgan fingerprint density at radius 3 is 2.88 bits per heavy atom. The Morgan fingerprint density at radius 2 is 2.25 bits per heavy atom. The van der Waals surface area contributed by atoms with Crippen LogP contribution in [-0.2, 0) is 9.59 Å². The highest BCUT2D eigenvalue weighted by atomic mass is 16.2. The van der Waals surface area contributed by atoms with Gasteiger partial charge in [0.15, 0.2) is 0 Å². The van der Waals surface area contributed by atoms with Gasteiger partial charge in [-0.15, -0.1) is 0 Å². The molecule has 2 amide bonds. The smallest absolute Gasteiger partial charge is 0.224 e. The molecule has 2 aliphatic heterocycles. The fourth-order valence-corrected chi connectivity index (χ4v) is 2.23. The van der Waals surface area contributed by atoms with E-state index in [0.717, 1.165) is 26.1 Å². The molecule has 0 bridgehead atoms. The summed E-state index contributed by atoms with van der Waals surface area (Å²) in [5, 5.41) is 8.98. The van der Waals surface area contributed by atoms with E-state index in [1.165, 1.54) is 0 Å². The quantitative estimate of drug-likeness (QED) is 0.591. The van der Waals surface area contributed by atoms with Crippen molar-refractivity contribution in [3.05, 3.63) is 0 Å². The maximum absolute atomic E-state index is 11.8. The first kappa shape index (κ1) is 11.4. The Balaban J connectivity index is 1.68. The maximum Gasteiger partial charge on any atom is 0.224 e. The number of rotatable bonds is 3. The van der Waals surface area contributed by atoms with E-state index in [0.29, 0.717) is 25.3 Å². The molecule has 0 saturated carbocycles. The van der Waals surface area contributed by atoms with Crippen molar-refractivity contribution >= 4 is 11.8 Å². The molecule has 0 aromatic carbocycles. The van der Waals surface area contributed by atoms with Gasteiger partial charge in [0.2, 0.25) is 11.8 Å². The van der Waals surface area contributed by atoms with Crippen LogP contribution < -0.4 is 16.0 Å². The number of hydrogen-bond donors (Lipinski definition) is 3. The Labute approximate surface area is 95.3 Å². The molecule has 0 spiro atoms. The van der Waals surface area contributed by atoms with E-state index >= 15 is 0 Å². The van der Waals surface area contributed by atoms with E-state index in [1.807, 2.05) is 0 Å². The summed E-state index contributed by atoms with van der Waals surface area (Å²) in [4.78, 5) is 22.7. The van der Waals surface area contributed by atoms with Crippen LogP contribution in [0.1, 0.15) is 19.3 Å². The van der Waals surface area contributed by atoms with E-state index in [4.69, 9.17) is 0 Å². The van der Waals surface area contributed by atoms with Crippen LogP contribution in [0.2, 0.25) is 0 Å². The second kappa shape index (κ2) is 5.30. The van der Waals surface area contributed by atoms with Gasteiger partial charge in [-0.05, 0) is 31.8 Å². The maximum atomic E-state index is 11.8. The second-order valence-corrected chi connectivity index (χ2v) is 4.64. The van der Waals surface area contributed by atoms with Crippen LogP contribution in [0.4, 0.5) is 0 Å². The molecule has 0 aromatic rings. The van der Waals surface area contributed by atoms with Crippen LogP contribution in [0.3, 0.4) is 0 Å². The van der Waals surface area contributed by atoms with Gasteiger partial charge in [-0.2, -0.15) is 0 Å². The molecule has 2 aliphatic rings. The van der Waals surface area contributed by atoms with Crippen LogP contribution in [0, 0.1) is 11.8 Å². The van der Waals surface area contributed by atoms with Gasteiger partial charge in [-0.25, -0.2) is 0 Å². The summed E-state index contributed by atoms with van der Waals surface area (Å²) in [5.74, 6) is 0.685. The molecule has 3 N–H and O–H groups in total. The molecule has 2 unspecified atom stereocenters. The van der Waals surface area contributed by atoms with E-state index in [9.17, 15) is 9.59 Å². The SMILES string of the molecule is O=C1CCC(C(=O)NCC2CCNC2)CN1. The molecule has 0 aromatic heterocycles. The van der Waals surface area contributed by atoms with Crippen LogP contribution in [0.15, 0.2) is 0 Å². The molecule has 2 atom stereocenters. The predicted molar refractivity (Wildman–Crippen MR) is 59.7 cm³/mol. The number of carbonyl (C=O) groups excluding carboxylic acids is 2. The van der Waals surface area contributed by atoms with Crippen molar-refractivity contribution < 1.29 is 9.59 Å². The van der Waals surface area contributed by atoms with Crippen LogP contribution >= 0.6 is 0 Å². The summed E-state index contributed by atoms with van der Waals surface area (Å²) in [6.45, 7) is 3.31. The van der Waals surface area contributed by atoms with Crippen LogP contribution in [-0.4, -0.2) is 38.0 Å². The summed E-state index contributed by atoms with van der Waals surface area (Å²) in [7, 11) is 0. The largest absolute Gasteiger partial charge is 0.355 e. The summed E-state index contributed by atoms with van der Waals surface area (Å²) in [5.41, 5.74) is 0. The minimum Gasteiger partial charge on any atom is -0.355 e. The van der Waals surface area contributed by atoms with Gasteiger partial charge < -0.3 is 16.0 Å². The average Bonchev–Trinajstić information content (AvgIpc) is 2.80. The molecule has 2 heterocycles. The van der Waals surface area contributed by atoms with Crippen molar-refractivity contribution in [1.29, 1.82) is 0 Å². The van der Waals surface area contributed by atoms with E-state index in [-0.39, 0.29) is 17.7 Å². The minimum absolute atomic E-state index is 0.0351. The fourth-order valence-electron chi connectivity index (χ4n) is 2.23. The molecule has 5 nitrogen and oxygen atoms in total. The number of nitrogens with one attached hydrogen (secondary N) is 3. The standard InChI is InChI=1S/C11H19N3O2/c15-10-2-1-9(7-13-10)11(16)14-6-8-3-4-12-5-8/h8-9,12H,1-7H2,(H,13,15)(H,14,16). The Morgan fingerprint density at radius 1 is 1.38 bits per heavy atom. The third-order valence-corrected chi connectivity index (χ3v) is 3.36. The van der Waals surface area contributed by atoms with E-state index < -0.39 is 0 Å². The molecule has 16 heavy (non-hydrogen) atoms. The zero-order chi connectivity index (χ0) is 11.4. The summed E-state index contributed by atoms with van der Waals surface area (Å²) in [6, 6.07) is 0. The van der Waals surface area contributed by atoms with Gasteiger partial charge in [0.05, 0.1) is 5.92 Å². The molecular formula is C11H19N3O2. The highest BCUT2D eigenvalue weighted by molar-refractivity contribution is 5.83. The molecule has 2 saturated heterocycles. The van der Waals surface area contributed by atoms with E-state index in [1.54, 1.807) is 0 Å². The third-order valence-electron chi connectivity index (χ3n) is 3.36. The van der Waals surface area contributed by atoms with Gasteiger partial charge in [-0.1, -0.05) is 0 Å². The predicted octanol–water partition coefficient (Wildman–Crippen LogP) is -0.762. The molecule has 0 radical (unpaired) electrons. The lowest BCUT2D eigenvalue weighted by Crippen LogP contribution is -2.44. The molecule has 90 valence electrons. The van der Waals surface area contributed by atoms with Gasteiger partial charge in [0, 0.05) is 19.5 Å². The lowest BCUT2D eigenvalue weighted by molar-refractivity contribution is -0.129. The monoisotopic (exact) mass is 225 g/mol. The fraction of sp³-hybridized carbons (Fsp3) is 0.818. The summed E-state index contributed by atoms with van der Waals surface area (Å²) < 4.78 is 0. The van der Waals surface area contributed by atoms with Gasteiger partial charge in [0.25, 0.3) is 0 Å². The topological polar surface area (TPSA) is 70.2 Å². The van der Waals surface area contributed by atoms with Crippen molar-refractivity contribution in [2.45, 2.75) is 19.3 Å². The first-order valence-electron chi connectivity index (χ1n) is 6.01. The zero-order valence-electron chi connectivity index (χ0n) is 9.42. The third kappa shape index (κ3) is 2.95. The molecule has 0 aliphatic carbocycles. The van der Waals surface area contributed by atoms with E-state index in [2.05, 4.69) is 16.0 Å². The lowest BCUT2D eigenvalue weighted by atomic mass is 9.98. The van der Waals surface area contributed by atoms with Crippen molar-refractivity contribution in [1.82, 2.24) is 16.0 Å².